The average molecular weight is 523 g/mol. The van der Waals surface area contributed by atoms with Gasteiger partial charge in [0.05, 0.1) is 10.8 Å². The van der Waals surface area contributed by atoms with Crippen molar-refractivity contribution in [2.45, 2.75) is 69.2 Å². The van der Waals surface area contributed by atoms with E-state index in [0.29, 0.717) is 42.7 Å². The Morgan fingerprint density at radius 2 is 1.66 bits per heavy atom. The third-order valence-corrected chi connectivity index (χ3v) is 10.1. The molecule has 0 saturated heterocycles. The molecular weight excluding hydrogens is 486 g/mol. The second-order valence-corrected chi connectivity index (χ2v) is 12.3. The van der Waals surface area contributed by atoms with Crippen molar-refractivity contribution >= 4 is 17.5 Å². The summed E-state index contributed by atoms with van der Waals surface area (Å²) in [6.07, 6.45) is 11.1. The van der Waals surface area contributed by atoms with Crippen LogP contribution in [0.5, 0.6) is 0 Å². The van der Waals surface area contributed by atoms with Crippen molar-refractivity contribution in [3.63, 3.8) is 0 Å². The van der Waals surface area contributed by atoms with Gasteiger partial charge < -0.3 is 16.4 Å². The summed E-state index contributed by atoms with van der Waals surface area (Å²) >= 11 is 0. The molecule has 2 amide bonds. The summed E-state index contributed by atoms with van der Waals surface area (Å²) in [4.78, 5) is 31.0. The van der Waals surface area contributed by atoms with Crippen molar-refractivity contribution in [3.8, 4) is 0 Å². The number of halogens is 2. The van der Waals surface area contributed by atoms with Gasteiger partial charge in [0, 0.05) is 30.7 Å². The minimum atomic E-state index is -0.922. The fourth-order valence-electron chi connectivity index (χ4n) is 8.67. The standard InChI is InChI=1S/C30H36F2N4O2/c31-23-4-3-21(13-24(23)32)30(7-1-2-8-30)28(38)35-17-25(33)26-19-11-18-12-20(26)16-29(14-18,15-19)27(37)36-22-5-9-34-10-6-22/h3-6,9-10,13,18-20,25-26H,1-2,7-8,11-12,14-17,33H2,(H,35,38)(H,34,36,37). The van der Waals surface area contributed by atoms with E-state index in [4.69, 9.17) is 5.73 Å². The van der Waals surface area contributed by atoms with Gasteiger partial charge in [0.15, 0.2) is 11.6 Å². The van der Waals surface area contributed by atoms with Crippen LogP contribution < -0.4 is 16.4 Å². The number of nitrogens with one attached hydrogen (secondary N) is 2. The van der Waals surface area contributed by atoms with E-state index in [9.17, 15) is 18.4 Å². The van der Waals surface area contributed by atoms with Gasteiger partial charge in [-0.25, -0.2) is 8.78 Å². The van der Waals surface area contributed by atoms with Crippen LogP contribution in [0.2, 0.25) is 0 Å². The minimum absolute atomic E-state index is 0.109. The molecule has 8 heteroatoms. The molecule has 3 unspecified atom stereocenters. The SMILES string of the molecule is NC(CNC(=O)C1(c2ccc(F)c(F)c2)CCCC1)C1C2CC3CC1CC(C(=O)Nc1ccncc1)(C3)C2. The second-order valence-electron chi connectivity index (χ2n) is 12.3. The summed E-state index contributed by atoms with van der Waals surface area (Å²) in [5.74, 6) is -0.329. The lowest BCUT2D eigenvalue weighted by Gasteiger charge is -2.60. The lowest BCUT2D eigenvalue weighted by Crippen LogP contribution is -2.60. The van der Waals surface area contributed by atoms with E-state index < -0.39 is 17.0 Å². The Balaban J connectivity index is 1.13. The van der Waals surface area contributed by atoms with Crippen LogP contribution in [0.15, 0.2) is 42.7 Å². The van der Waals surface area contributed by atoms with E-state index in [0.717, 1.165) is 56.7 Å². The fraction of sp³-hybridized carbons (Fsp3) is 0.567. The molecule has 4 N–H and O–H groups in total. The average Bonchev–Trinajstić information content (AvgIpc) is 3.40. The lowest BCUT2D eigenvalue weighted by atomic mass is 9.45. The van der Waals surface area contributed by atoms with Gasteiger partial charge in [-0.15, -0.1) is 0 Å². The molecule has 2 aromatic rings. The van der Waals surface area contributed by atoms with Gasteiger partial charge in [-0.1, -0.05) is 18.9 Å². The van der Waals surface area contributed by atoms with Crippen LogP contribution in [0, 0.1) is 40.7 Å². The number of benzene rings is 1. The third kappa shape index (κ3) is 4.31. The zero-order chi connectivity index (χ0) is 26.5. The van der Waals surface area contributed by atoms with Crippen LogP contribution in [0.25, 0.3) is 0 Å². The molecular formula is C30H36F2N4O2. The smallest absolute Gasteiger partial charge is 0.230 e. The number of hydrogen-bond acceptors (Lipinski definition) is 4. The number of aromatic nitrogens is 1. The van der Waals surface area contributed by atoms with Crippen LogP contribution >= 0.6 is 0 Å². The predicted octanol–water partition coefficient (Wildman–Crippen LogP) is 4.70. The van der Waals surface area contributed by atoms with Gasteiger partial charge >= 0.3 is 0 Å². The summed E-state index contributed by atoms with van der Waals surface area (Å²) in [6, 6.07) is 7.25. The Labute approximate surface area is 222 Å². The summed E-state index contributed by atoms with van der Waals surface area (Å²) in [7, 11) is 0. The number of carbonyl (C=O) groups excluding carboxylic acids is 2. The van der Waals surface area contributed by atoms with Crippen molar-refractivity contribution in [2.75, 3.05) is 11.9 Å². The first-order chi connectivity index (χ1) is 18.3. The van der Waals surface area contributed by atoms with E-state index in [1.165, 1.54) is 12.1 Å². The molecule has 0 aliphatic heterocycles. The molecule has 5 fully saturated rings. The zero-order valence-corrected chi connectivity index (χ0v) is 21.6. The predicted molar refractivity (Wildman–Crippen MR) is 140 cm³/mol. The summed E-state index contributed by atoms with van der Waals surface area (Å²) < 4.78 is 27.6. The number of amides is 2. The van der Waals surface area contributed by atoms with Crippen LogP contribution in [-0.4, -0.2) is 29.4 Å². The quantitative estimate of drug-likeness (QED) is 0.491. The Bertz CT molecular complexity index is 1200. The lowest BCUT2D eigenvalue weighted by molar-refractivity contribution is -0.149. The highest BCUT2D eigenvalue weighted by atomic mass is 19.2. The number of pyridine rings is 1. The second kappa shape index (κ2) is 9.70. The zero-order valence-electron chi connectivity index (χ0n) is 21.6. The van der Waals surface area contributed by atoms with Gasteiger partial charge in [-0.3, -0.25) is 14.6 Å². The molecule has 1 aromatic carbocycles. The van der Waals surface area contributed by atoms with E-state index in [2.05, 4.69) is 15.6 Å². The van der Waals surface area contributed by atoms with E-state index in [1.54, 1.807) is 12.4 Å². The largest absolute Gasteiger partial charge is 0.354 e. The summed E-state index contributed by atoms with van der Waals surface area (Å²) in [5.41, 5.74) is 6.91. The maximum Gasteiger partial charge on any atom is 0.230 e. The van der Waals surface area contributed by atoms with Crippen LogP contribution in [0.1, 0.15) is 63.4 Å². The molecule has 0 spiro atoms. The van der Waals surface area contributed by atoms with E-state index in [-0.39, 0.29) is 29.2 Å². The highest BCUT2D eigenvalue weighted by molar-refractivity contribution is 5.95. The Hall–Kier alpha value is -2.87. The van der Waals surface area contributed by atoms with Crippen LogP contribution in [-0.2, 0) is 15.0 Å². The molecule has 5 saturated carbocycles. The van der Waals surface area contributed by atoms with Crippen molar-refractivity contribution < 1.29 is 18.4 Å². The first kappa shape index (κ1) is 25.4. The van der Waals surface area contributed by atoms with Crippen LogP contribution in [0.3, 0.4) is 0 Å². The Morgan fingerprint density at radius 1 is 0.974 bits per heavy atom. The van der Waals surface area contributed by atoms with Gasteiger partial charge in [0.1, 0.15) is 0 Å². The first-order valence-electron chi connectivity index (χ1n) is 14.0. The molecule has 3 atom stereocenters. The van der Waals surface area contributed by atoms with Crippen molar-refractivity contribution in [1.29, 1.82) is 0 Å². The monoisotopic (exact) mass is 522 g/mol. The summed E-state index contributed by atoms with van der Waals surface area (Å²) in [5, 5.41) is 6.23. The molecule has 1 aromatic heterocycles. The molecule has 202 valence electrons. The molecule has 6 nitrogen and oxygen atoms in total. The molecule has 5 aliphatic rings. The van der Waals surface area contributed by atoms with E-state index in [1.807, 2.05) is 12.1 Å². The molecule has 4 bridgehead atoms. The topological polar surface area (TPSA) is 97.1 Å². The van der Waals surface area contributed by atoms with Crippen molar-refractivity contribution in [1.82, 2.24) is 10.3 Å². The maximum atomic E-state index is 14.0. The van der Waals surface area contributed by atoms with Gasteiger partial charge in [-0.05, 0) is 98.4 Å². The highest BCUT2D eigenvalue weighted by Crippen LogP contribution is 2.63. The minimum Gasteiger partial charge on any atom is -0.354 e. The number of nitrogens with zero attached hydrogens (tertiary/aromatic N) is 1. The summed E-state index contributed by atoms with van der Waals surface area (Å²) in [6.45, 7) is 0.350. The number of anilines is 1. The van der Waals surface area contributed by atoms with Crippen molar-refractivity contribution in [3.05, 3.63) is 59.9 Å². The fourth-order valence-corrected chi connectivity index (χ4v) is 8.67. The highest BCUT2D eigenvalue weighted by Gasteiger charge is 2.59. The molecule has 1 heterocycles. The molecule has 38 heavy (non-hydrogen) atoms. The normalized spacial score (nSPS) is 31.7. The number of carbonyl (C=O) groups is 2. The molecule has 5 aliphatic carbocycles. The van der Waals surface area contributed by atoms with E-state index >= 15 is 0 Å². The Kier molecular flexibility index (Phi) is 6.49. The van der Waals surface area contributed by atoms with Gasteiger partial charge in [0.2, 0.25) is 11.8 Å². The maximum absolute atomic E-state index is 14.0. The molecule has 7 rings (SSSR count). The molecule has 0 radical (unpaired) electrons. The third-order valence-electron chi connectivity index (χ3n) is 10.1. The van der Waals surface area contributed by atoms with Crippen molar-refractivity contribution in [2.24, 2.45) is 34.8 Å². The number of nitrogens with two attached hydrogens (primary N) is 1. The number of hydrogen-bond donors (Lipinski definition) is 3. The Morgan fingerprint density at radius 3 is 2.32 bits per heavy atom. The van der Waals surface area contributed by atoms with Gasteiger partial charge in [0.25, 0.3) is 0 Å². The van der Waals surface area contributed by atoms with Crippen LogP contribution in [0.4, 0.5) is 14.5 Å². The van der Waals surface area contributed by atoms with Gasteiger partial charge in [-0.2, -0.15) is 0 Å². The first-order valence-corrected chi connectivity index (χ1v) is 14.0. The number of rotatable bonds is 7.